The second-order valence-electron chi connectivity index (χ2n) is 6.28. The van der Waals surface area contributed by atoms with Crippen LogP contribution >= 0.6 is 0 Å². The first-order valence-electron chi connectivity index (χ1n) is 9.07. The number of hydrogen-bond acceptors (Lipinski definition) is 4. The maximum absolute atomic E-state index is 13.1. The van der Waals surface area contributed by atoms with Crippen LogP contribution in [-0.2, 0) is 19.7 Å². The second kappa shape index (κ2) is 9.76. The van der Waals surface area contributed by atoms with E-state index in [-0.39, 0.29) is 5.82 Å². The van der Waals surface area contributed by atoms with Crippen molar-refractivity contribution in [1.82, 2.24) is 5.32 Å². The number of ether oxygens (including phenoxy) is 3. The molecule has 3 rings (SSSR count). The summed E-state index contributed by atoms with van der Waals surface area (Å²) >= 11 is 0. The Morgan fingerprint density at radius 3 is 2.14 bits per heavy atom. The Morgan fingerprint density at radius 2 is 1.39 bits per heavy atom. The van der Waals surface area contributed by atoms with Crippen LogP contribution in [0.4, 0.5) is 4.39 Å². The van der Waals surface area contributed by atoms with E-state index < -0.39 is 0 Å². The summed E-state index contributed by atoms with van der Waals surface area (Å²) in [5.41, 5.74) is 2.96. The van der Waals surface area contributed by atoms with Crippen molar-refractivity contribution in [3.05, 3.63) is 89.2 Å². The number of hydrogen-bond donors (Lipinski definition) is 1. The second-order valence-corrected chi connectivity index (χ2v) is 6.28. The standard InChI is InChI=1S/C23H24FNO3/c1-26-21-8-4-3-6-18(21)14-25-15-19-7-5-9-22(27-2)23(19)28-16-17-10-12-20(24)13-11-17/h3-13,25H,14-16H2,1-2H3. The predicted molar refractivity (Wildman–Crippen MR) is 107 cm³/mol. The first-order valence-corrected chi connectivity index (χ1v) is 9.07. The smallest absolute Gasteiger partial charge is 0.166 e. The zero-order valence-electron chi connectivity index (χ0n) is 16.1. The van der Waals surface area contributed by atoms with Crippen LogP contribution in [0.5, 0.6) is 17.2 Å². The van der Waals surface area contributed by atoms with E-state index in [0.29, 0.717) is 31.2 Å². The maximum atomic E-state index is 13.1. The molecule has 0 spiro atoms. The number of benzene rings is 3. The quantitative estimate of drug-likeness (QED) is 0.583. The molecule has 0 heterocycles. The molecule has 0 amide bonds. The van der Waals surface area contributed by atoms with E-state index in [9.17, 15) is 4.39 Å². The van der Waals surface area contributed by atoms with Gasteiger partial charge in [-0.1, -0.05) is 42.5 Å². The van der Waals surface area contributed by atoms with Gasteiger partial charge in [-0.3, -0.25) is 0 Å². The number of halogens is 1. The molecule has 0 aliphatic heterocycles. The molecule has 0 saturated heterocycles. The van der Waals surface area contributed by atoms with E-state index in [1.54, 1.807) is 26.4 Å². The van der Waals surface area contributed by atoms with E-state index >= 15 is 0 Å². The Bertz CT molecular complexity index is 897. The highest BCUT2D eigenvalue weighted by molar-refractivity contribution is 5.47. The van der Waals surface area contributed by atoms with Crippen LogP contribution in [0.2, 0.25) is 0 Å². The molecule has 1 N–H and O–H groups in total. The number of nitrogens with one attached hydrogen (secondary N) is 1. The van der Waals surface area contributed by atoms with E-state index in [2.05, 4.69) is 5.32 Å². The third-order valence-electron chi connectivity index (χ3n) is 4.40. The summed E-state index contributed by atoms with van der Waals surface area (Å²) in [6.45, 7) is 1.60. The zero-order chi connectivity index (χ0) is 19.8. The van der Waals surface area contributed by atoms with Gasteiger partial charge >= 0.3 is 0 Å². The fourth-order valence-electron chi connectivity index (χ4n) is 2.94. The fourth-order valence-corrected chi connectivity index (χ4v) is 2.94. The van der Waals surface area contributed by atoms with Gasteiger partial charge in [0, 0.05) is 24.2 Å². The Balaban J connectivity index is 1.69. The van der Waals surface area contributed by atoms with E-state index in [4.69, 9.17) is 14.2 Å². The normalized spacial score (nSPS) is 10.5. The van der Waals surface area contributed by atoms with Crippen molar-refractivity contribution in [3.8, 4) is 17.2 Å². The molecular formula is C23H24FNO3. The van der Waals surface area contributed by atoms with Crippen molar-refractivity contribution in [1.29, 1.82) is 0 Å². The van der Waals surface area contributed by atoms with Crippen LogP contribution in [0, 0.1) is 5.82 Å². The molecule has 0 aliphatic carbocycles. The molecule has 0 radical (unpaired) electrons. The van der Waals surface area contributed by atoms with Gasteiger partial charge in [-0.15, -0.1) is 0 Å². The Kier molecular flexibility index (Phi) is 6.87. The lowest BCUT2D eigenvalue weighted by Crippen LogP contribution is -2.14. The molecule has 0 saturated carbocycles. The van der Waals surface area contributed by atoms with Crippen molar-refractivity contribution in [2.24, 2.45) is 0 Å². The Labute approximate surface area is 164 Å². The van der Waals surface area contributed by atoms with E-state index in [1.165, 1.54) is 12.1 Å². The highest BCUT2D eigenvalue weighted by Gasteiger charge is 2.11. The van der Waals surface area contributed by atoms with Gasteiger partial charge in [0.2, 0.25) is 0 Å². The van der Waals surface area contributed by atoms with Crippen molar-refractivity contribution in [3.63, 3.8) is 0 Å². The third-order valence-corrected chi connectivity index (χ3v) is 4.40. The lowest BCUT2D eigenvalue weighted by atomic mass is 10.1. The van der Waals surface area contributed by atoms with Crippen LogP contribution < -0.4 is 19.5 Å². The summed E-state index contributed by atoms with van der Waals surface area (Å²) in [6.07, 6.45) is 0. The third kappa shape index (κ3) is 5.02. The van der Waals surface area contributed by atoms with Gasteiger partial charge in [-0.2, -0.15) is 0 Å². The summed E-state index contributed by atoms with van der Waals surface area (Å²) in [5.74, 6) is 1.94. The summed E-state index contributed by atoms with van der Waals surface area (Å²) in [5, 5.41) is 3.42. The SMILES string of the molecule is COc1ccccc1CNCc1cccc(OC)c1OCc1ccc(F)cc1. The highest BCUT2D eigenvalue weighted by atomic mass is 19.1. The fraction of sp³-hybridized carbons (Fsp3) is 0.217. The van der Waals surface area contributed by atoms with Crippen LogP contribution in [0.3, 0.4) is 0 Å². The molecule has 0 unspecified atom stereocenters. The molecule has 0 aromatic heterocycles. The summed E-state index contributed by atoms with van der Waals surface area (Å²) in [4.78, 5) is 0. The molecule has 0 bridgehead atoms. The average molecular weight is 381 g/mol. The van der Waals surface area contributed by atoms with Gasteiger partial charge in [-0.05, 0) is 29.8 Å². The minimum Gasteiger partial charge on any atom is -0.496 e. The number of methoxy groups -OCH3 is 2. The van der Waals surface area contributed by atoms with Crippen molar-refractivity contribution < 1.29 is 18.6 Å². The van der Waals surface area contributed by atoms with Crippen molar-refractivity contribution >= 4 is 0 Å². The molecule has 4 nitrogen and oxygen atoms in total. The van der Waals surface area contributed by atoms with Gasteiger partial charge in [0.05, 0.1) is 14.2 Å². The zero-order valence-corrected chi connectivity index (χ0v) is 16.1. The molecular weight excluding hydrogens is 357 g/mol. The molecule has 0 fully saturated rings. The molecule has 3 aromatic carbocycles. The Morgan fingerprint density at radius 1 is 0.750 bits per heavy atom. The van der Waals surface area contributed by atoms with Crippen LogP contribution in [0.15, 0.2) is 66.7 Å². The van der Waals surface area contributed by atoms with Gasteiger partial charge in [0.15, 0.2) is 11.5 Å². The highest BCUT2D eigenvalue weighted by Crippen LogP contribution is 2.32. The van der Waals surface area contributed by atoms with Gasteiger partial charge in [-0.25, -0.2) is 4.39 Å². The van der Waals surface area contributed by atoms with Gasteiger partial charge in [0.1, 0.15) is 18.2 Å². The van der Waals surface area contributed by atoms with Crippen LogP contribution in [0.25, 0.3) is 0 Å². The van der Waals surface area contributed by atoms with E-state index in [0.717, 1.165) is 22.4 Å². The topological polar surface area (TPSA) is 39.7 Å². The molecule has 3 aromatic rings. The molecule has 0 atom stereocenters. The largest absolute Gasteiger partial charge is 0.496 e. The maximum Gasteiger partial charge on any atom is 0.166 e. The minimum absolute atomic E-state index is 0.262. The summed E-state index contributed by atoms with van der Waals surface area (Å²) < 4.78 is 30.0. The average Bonchev–Trinajstić information content (AvgIpc) is 2.74. The van der Waals surface area contributed by atoms with Crippen LogP contribution in [0.1, 0.15) is 16.7 Å². The van der Waals surface area contributed by atoms with Crippen molar-refractivity contribution in [2.45, 2.75) is 19.7 Å². The first kappa shape index (κ1) is 19.7. The molecule has 5 heteroatoms. The Hall–Kier alpha value is -3.05. The van der Waals surface area contributed by atoms with Crippen LogP contribution in [-0.4, -0.2) is 14.2 Å². The lowest BCUT2D eigenvalue weighted by Gasteiger charge is -2.16. The predicted octanol–water partition coefficient (Wildman–Crippen LogP) is 4.71. The van der Waals surface area contributed by atoms with E-state index in [1.807, 2.05) is 42.5 Å². The summed E-state index contributed by atoms with van der Waals surface area (Å²) in [6, 6.07) is 20.0. The monoisotopic (exact) mass is 381 g/mol. The summed E-state index contributed by atoms with van der Waals surface area (Å²) in [7, 11) is 3.29. The van der Waals surface area contributed by atoms with Crippen molar-refractivity contribution in [2.75, 3.05) is 14.2 Å². The minimum atomic E-state index is -0.262. The lowest BCUT2D eigenvalue weighted by molar-refractivity contribution is 0.280. The number of para-hydroxylation sites is 2. The number of rotatable bonds is 9. The van der Waals surface area contributed by atoms with Gasteiger partial charge < -0.3 is 19.5 Å². The molecule has 0 aliphatic rings. The molecule has 146 valence electrons. The molecule has 28 heavy (non-hydrogen) atoms. The van der Waals surface area contributed by atoms with Gasteiger partial charge in [0.25, 0.3) is 0 Å². The first-order chi connectivity index (χ1) is 13.7.